The third kappa shape index (κ3) is 3.72. The number of anilines is 1. The van der Waals surface area contributed by atoms with Crippen molar-refractivity contribution in [3.63, 3.8) is 0 Å². The lowest BCUT2D eigenvalue weighted by Gasteiger charge is -2.28. The van der Waals surface area contributed by atoms with Crippen molar-refractivity contribution in [1.82, 2.24) is 24.6 Å². The van der Waals surface area contributed by atoms with Crippen molar-refractivity contribution >= 4 is 17.2 Å². The Labute approximate surface area is 161 Å². The molecule has 0 amide bonds. The van der Waals surface area contributed by atoms with Crippen LogP contribution >= 0.6 is 0 Å². The maximum atomic E-state index is 13.3. The van der Waals surface area contributed by atoms with E-state index < -0.39 is 5.92 Å². The van der Waals surface area contributed by atoms with Gasteiger partial charge in [0.15, 0.2) is 5.65 Å². The molecule has 0 bridgehead atoms. The van der Waals surface area contributed by atoms with E-state index in [1.54, 1.807) is 23.1 Å². The molecule has 0 saturated heterocycles. The second-order valence-electron chi connectivity index (χ2n) is 7.12. The van der Waals surface area contributed by atoms with E-state index in [1.807, 2.05) is 32.1 Å². The first-order chi connectivity index (χ1) is 13.4. The number of aryl methyl sites for hydroxylation is 1. The Bertz CT molecular complexity index is 1020. The largest absolute Gasteiger partial charge is 0.351 e. The summed E-state index contributed by atoms with van der Waals surface area (Å²) in [7, 11) is 0. The molecule has 3 aromatic heterocycles. The summed E-state index contributed by atoms with van der Waals surface area (Å²) in [4.78, 5) is 13.2. The minimum absolute atomic E-state index is 0.0172. The van der Waals surface area contributed by atoms with Gasteiger partial charge in [-0.2, -0.15) is 5.10 Å². The number of allylic oxidation sites excluding steroid dienone is 1. The van der Waals surface area contributed by atoms with Crippen molar-refractivity contribution < 1.29 is 8.78 Å². The van der Waals surface area contributed by atoms with Gasteiger partial charge in [0.25, 0.3) is 0 Å². The minimum atomic E-state index is -2.54. The van der Waals surface area contributed by atoms with Crippen LogP contribution in [0.4, 0.5) is 14.7 Å². The van der Waals surface area contributed by atoms with Crippen LogP contribution in [-0.4, -0.2) is 36.5 Å². The summed E-state index contributed by atoms with van der Waals surface area (Å²) >= 11 is 0. The van der Waals surface area contributed by atoms with Crippen molar-refractivity contribution in [3.8, 4) is 0 Å². The summed E-state index contributed by atoms with van der Waals surface area (Å²) in [6.45, 7) is 3.86. The van der Waals surface area contributed by atoms with Gasteiger partial charge >= 0.3 is 0 Å². The molecule has 3 heterocycles. The number of nitrogens with one attached hydrogen (secondary N) is 1. The first-order valence-corrected chi connectivity index (χ1v) is 9.41. The normalized spacial score (nSPS) is 17.8. The zero-order chi connectivity index (χ0) is 19.7. The van der Waals surface area contributed by atoms with Crippen LogP contribution in [-0.2, 0) is 0 Å². The van der Waals surface area contributed by atoms with Gasteiger partial charge in [-0.1, -0.05) is 6.08 Å². The first kappa shape index (κ1) is 18.5. The molecule has 0 aliphatic heterocycles. The maximum Gasteiger partial charge on any atom is 0.248 e. The van der Waals surface area contributed by atoms with Crippen LogP contribution in [0, 0.1) is 6.92 Å². The van der Waals surface area contributed by atoms with Crippen LogP contribution in [0.5, 0.6) is 0 Å². The number of hydrogen-bond donors (Lipinski definition) is 1. The Morgan fingerprint density at radius 1 is 1.25 bits per heavy atom. The predicted octanol–water partition coefficient (Wildman–Crippen LogP) is 4.27. The topological polar surface area (TPSA) is 68.0 Å². The first-order valence-electron chi connectivity index (χ1n) is 9.41. The van der Waals surface area contributed by atoms with Crippen LogP contribution in [0.2, 0.25) is 0 Å². The molecule has 28 heavy (non-hydrogen) atoms. The van der Waals surface area contributed by atoms with Crippen molar-refractivity contribution in [2.75, 3.05) is 5.32 Å². The molecule has 1 aliphatic carbocycles. The lowest BCUT2D eigenvalue weighted by Crippen LogP contribution is -2.32. The van der Waals surface area contributed by atoms with Crippen LogP contribution in [0.15, 0.2) is 36.8 Å². The number of rotatable bonds is 4. The fourth-order valence-corrected chi connectivity index (χ4v) is 3.57. The molecule has 1 saturated carbocycles. The summed E-state index contributed by atoms with van der Waals surface area (Å²) < 4.78 is 28.4. The van der Waals surface area contributed by atoms with E-state index in [0.29, 0.717) is 18.8 Å². The van der Waals surface area contributed by atoms with Gasteiger partial charge in [0.1, 0.15) is 0 Å². The lowest BCUT2D eigenvalue weighted by molar-refractivity contribution is -0.0361. The number of fused-ring (bicyclic) bond motifs is 1. The number of nitrogens with zero attached hydrogens (tertiary/aromatic N) is 5. The van der Waals surface area contributed by atoms with E-state index in [2.05, 4.69) is 25.4 Å². The number of alkyl halides is 2. The molecule has 4 rings (SSSR count). The molecule has 1 N–H and O–H groups in total. The smallest absolute Gasteiger partial charge is 0.248 e. The van der Waals surface area contributed by atoms with Gasteiger partial charge in [0.2, 0.25) is 11.9 Å². The molecular weight excluding hydrogens is 362 g/mol. The van der Waals surface area contributed by atoms with Crippen LogP contribution in [0.25, 0.3) is 11.2 Å². The van der Waals surface area contributed by atoms with E-state index in [9.17, 15) is 8.78 Å². The highest BCUT2D eigenvalue weighted by molar-refractivity contribution is 5.78. The maximum absolute atomic E-state index is 13.3. The van der Waals surface area contributed by atoms with E-state index >= 15 is 0 Å². The van der Waals surface area contributed by atoms with E-state index in [1.165, 1.54) is 0 Å². The highest BCUT2D eigenvalue weighted by Gasteiger charge is 2.35. The number of hydrogen-bond acceptors (Lipinski definition) is 5. The highest BCUT2D eigenvalue weighted by atomic mass is 19.3. The molecule has 3 aromatic rings. The molecule has 6 nitrogen and oxygen atoms in total. The zero-order valence-electron chi connectivity index (χ0n) is 15.9. The van der Waals surface area contributed by atoms with E-state index in [-0.39, 0.29) is 18.9 Å². The summed E-state index contributed by atoms with van der Waals surface area (Å²) in [5.41, 5.74) is 4.20. The van der Waals surface area contributed by atoms with Crippen molar-refractivity contribution in [3.05, 3.63) is 53.8 Å². The molecule has 1 aliphatic rings. The molecule has 0 spiro atoms. The second kappa shape index (κ2) is 7.26. The summed E-state index contributed by atoms with van der Waals surface area (Å²) in [6.07, 6.45) is 7.91. The number of halogens is 2. The Balaban J connectivity index is 1.54. The van der Waals surface area contributed by atoms with Crippen LogP contribution in [0.1, 0.15) is 49.6 Å². The minimum Gasteiger partial charge on any atom is -0.351 e. The van der Waals surface area contributed by atoms with Crippen LogP contribution < -0.4 is 5.32 Å². The summed E-state index contributed by atoms with van der Waals surface area (Å²) in [5.74, 6) is -2.06. The Morgan fingerprint density at radius 2 is 2.04 bits per heavy atom. The summed E-state index contributed by atoms with van der Waals surface area (Å²) in [5, 5.41) is 7.80. The molecule has 0 radical (unpaired) electrons. The van der Waals surface area contributed by atoms with Gasteiger partial charge < -0.3 is 5.32 Å². The molecule has 0 unspecified atom stereocenters. The Morgan fingerprint density at radius 3 is 2.75 bits per heavy atom. The van der Waals surface area contributed by atoms with Crippen LogP contribution in [0.3, 0.4) is 0 Å². The molecule has 8 heteroatoms. The Kier molecular flexibility index (Phi) is 4.78. The average Bonchev–Trinajstić information content (AvgIpc) is 3.14. The van der Waals surface area contributed by atoms with Gasteiger partial charge in [0.05, 0.1) is 11.4 Å². The molecule has 146 valence electrons. The summed E-state index contributed by atoms with van der Waals surface area (Å²) in [6, 6.07) is 3.82. The molecular formula is C20H22F2N6. The highest BCUT2D eigenvalue weighted by Crippen LogP contribution is 2.34. The van der Waals surface area contributed by atoms with Gasteiger partial charge in [-0.25, -0.2) is 28.2 Å². The molecule has 1 fully saturated rings. The third-order valence-electron chi connectivity index (χ3n) is 5.14. The predicted molar refractivity (Wildman–Crippen MR) is 103 cm³/mol. The number of imidazole rings is 1. The average molecular weight is 384 g/mol. The fraction of sp³-hybridized carbons (Fsp3) is 0.400. The zero-order valence-corrected chi connectivity index (χ0v) is 15.9. The van der Waals surface area contributed by atoms with Gasteiger partial charge in [0, 0.05) is 48.6 Å². The van der Waals surface area contributed by atoms with Gasteiger partial charge in [-0.15, -0.1) is 0 Å². The fourth-order valence-electron chi connectivity index (χ4n) is 3.57. The standard InChI is InChI=1S/C20H22F2N6/c1-3-15(17-4-5-18-23-10-11-28(18)27-17)16-12-24-19(25-13(16)2)26-14-6-8-20(21,22)9-7-14/h3-5,10-12,14H,6-9H2,1-2H3,(H,24,25,26)/b15-3+. The molecule has 0 aromatic carbocycles. The van der Waals surface area contributed by atoms with Gasteiger partial charge in [-0.3, -0.25) is 0 Å². The Hall–Kier alpha value is -2.90. The second-order valence-corrected chi connectivity index (χ2v) is 7.12. The number of aromatic nitrogens is 5. The van der Waals surface area contributed by atoms with Crippen molar-refractivity contribution in [2.45, 2.75) is 51.5 Å². The van der Waals surface area contributed by atoms with E-state index in [4.69, 9.17) is 0 Å². The van der Waals surface area contributed by atoms with Crippen molar-refractivity contribution in [2.24, 2.45) is 0 Å². The van der Waals surface area contributed by atoms with Crippen molar-refractivity contribution in [1.29, 1.82) is 0 Å². The quantitative estimate of drug-likeness (QED) is 0.728. The molecule has 0 atom stereocenters. The monoisotopic (exact) mass is 384 g/mol. The van der Waals surface area contributed by atoms with E-state index in [0.717, 1.165) is 28.2 Å². The third-order valence-corrected chi connectivity index (χ3v) is 5.14. The lowest BCUT2D eigenvalue weighted by atomic mass is 9.92. The SMILES string of the molecule is C/C=C(/c1ccc2nccn2n1)c1cnc(NC2CCC(F)(F)CC2)nc1C. The van der Waals surface area contributed by atoms with Gasteiger partial charge in [-0.05, 0) is 38.8 Å².